The van der Waals surface area contributed by atoms with E-state index in [9.17, 15) is 9.59 Å². The van der Waals surface area contributed by atoms with Gasteiger partial charge in [-0.25, -0.2) is 5.10 Å². The van der Waals surface area contributed by atoms with E-state index in [2.05, 4.69) is 25.7 Å². The molecular formula is C14H13N5O2. The summed E-state index contributed by atoms with van der Waals surface area (Å²) < 4.78 is 0. The summed E-state index contributed by atoms with van der Waals surface area (Å²) in [5, 5.41) is 16.7. The zero-order valence-electron chi connectivity index (χ0n) is 11.5. The second-order valence-corrected chi connectivity index (χ2v) is 4.71. The van der Waals surface area contributed by atoms with Gasteiger partial charge < -0.3 is 5.32 Å². The van der Waals surface area contributed by atoms with Gasteiger partial charge in [-0.2, -0.15) is 10.2 Å². The Morgan fingerprint density at radius 3 is 2.48 bits per heavy atom. The van der Waals surface area contributed by atoms with Crippen molar-refractivity contribution in [3.8, 4) is 0 Å². The molecule has 2 heterocycles. The molecule has 0 atom stereocenters. The van der Waals surface area contributed by atoms with Crippen molar-refractivity contribution in [2.45, 2.75) is 13.8 Å². The topological polar surface area (TPSA) is 104 Å². The Hall–Kier alpha value is -2.96. The van der Waals surface area contributed by atoms with E-state index in [1.807, 2.05) is 6.92 Å². The minimum Gasteiger partial charge on any atom is -0.317 e. The van der Waals surface area contributed by atoms with Gasteiger partial charge in [0.15, 0.2) is 5.69 Å². The summed E-state index contributed by atoms with van der Waals surface area (Å²) in [6.07, 6.45) is 0. The summed E-state index contributed by atoms with van der Waals surface area (Å²) >= 11 is 0. The highest BCUT2D eigenvalue weighted by Crippen LogP contribution is 2.19. The number of carbonyl (C=O) groups excluding carboxylic acids is 1. The lowest BCUT2D eigenvalue weighted by Crippen LogP contribution is -2.19. The summed E-state index contributed by atoms with van der Waals surface area (Å²) in [4.78, 5) is 24.1. The number of hydrogen-bond acceptors (Lipinski definition) is 4. The fourth-order valence-corrected chi connectivity index (χ4v) is 2.20. The van der Waals surface area contributed by atoms with Crippen molar-refractivity contribution in [2.24, 2.45) is 0 Å². The highest BCUT2D eigenvalue weighted by Gasteiger charge is 2.16. The van der Waals surface area contributed by atoms with Gasteiger partial charge in [0.05, 0.1) is 22.5 Å². The molecule has 7 heteroatoms. The molecule has 0 radical (unpaired) electrons. The molecule has 0 aliphatic rings. The third kappa shape index (κ3) is 2.18. The fourth-order valence-electron chi connectivity index (χ4n) is 2.20. The van der Waals surface area contributed by atoms with Crippen molar-refractivity contribution in [1.82, 2.24) is 20.4 Å². The largest absolute Gasteiger partial charge is 0.317 e. The number of fused-ring (bicyclic) bond motifs is 1. The quantitative estimate of drug-likeness (QED) is 0.663. The molecule has 0 saturated heterocycles. The third-order valence-electron chi connectivity index (χ3n) is 3.28. The monoisotopic (exact) mass is 283 g/mol. The maximum atomic E-state index is 12.4. The van der Waals surface area contributed by atoms with Crippen LogP contribution in [0.4, 0.5) is 5.69 Å². The lowest BCUT2D eigenvalue weighted by Gasteiger charge is -2.06. The zero-order valence-corrected chi connectivity index (χ0v) is 11.5. The van der Waals surface area contributed by atoms with Crippen LogP contribution in [0.3, 0.4) is 0 Å². The second-order valence-electron chi connectivity index (χ2n) is 4.71. The van der Waals surface area contributed by atoms with Gasteiger partial charge >= 0.3 is 0 Å². The van der Waals surface area contributed by atoms with Gasteiger partial charge in [-0.3, -0.25) is 14.7 Å². The van der Waals surface area contributed by atoms with E-state index in [-0.39, 0.29) is 11.3 Å². The molecule has 3 rings (SSSR count). The van der Waals surface area contributed by atoms with Gasteiger partial charge in [-0.05, 0) is 19.9 Å². The van der Waals surface area contributed by atoms with E-state index in [1.165, 1.54) is 0 Å². The smallest absolute Gasteiger partial charge is 0.276 e. The Bertz CT molecular complexity index is 874. The Kier molecular flexibility index (Phi) is 3.02. The number of aromatic amines is 2. The first-order chi connectivity index (χ1) is 10.1. The van der Waals surface area contributed by atoms with E-state index in [0.29, 0.717) is 22.2 Å². The number of carbonyl (C=O) groups is 1. The number of rotatable bonds is 2. The predicted molar refractivity (Wildman–Crippen MR) is 78.4 cm³/mol. The van der Waals surface area contributed by atoms with Crippen LogP contribution in [0.25, 0.3) is 10.8 Å². The van der Waals surface area contributed by atoms with Gasteiger partial charge in [-0.1, -0.05) is 18.2 Å². The van der Waals surface area contributed by atoms with Gasteiger partial charge in [0, 0.05) is 5.39 Å². The van der Waals surface area contributed by atoms with Crippen LogP contribution in [0.1, 0.15) is 21.9 Å². The van der Waals surface area contributed by atoms with E-state index in [0.717, 1.165) is 5.69 Å². The molecule has 106 valence electrons. The molecule has 0 spiro atoms. The first-order valence-corrected chi connectivity index (χ1v) is 6.38. The minimum absolute atomic E-state index is 0.171. The third-order valence-corrected chi connectivity index (χ3v) is 3.28. The maximum absolute atomic E-state index is 12.4. The van der Waals surface area contributed by atoms with Crippen molar-refractivity contribution in [1.29, 1.82) is 0 Å². The number of hydrogen-bond donors (Lipinski definition) is 3. The Morgan fingerprint density at radius 1 is 1.10 bits per heavy atom. The van der Waals surface area contributed by atoms with Crippen LogP contribution in [-0.4, -0.2) is 26.3 Å². The number of aryl methyl sites for hydroxylation is 2. The molecule has 0 saturated carbocycles. The predicted octanol–water partition coefficient (Wildman–Crippen LogP) is 1.52. The highest BCUT2D eigenvalue weighted by atomic mass is 16.2. The number of benzene rings is 1. The van der Waals surface area contributed by atoms with Gasteiger partial charge in [-0.15, -0.1) is 0 Å². The molecule has 1 aromatic carbocycles. The number of nitrogens with zero attached hydrogens (tertiary/aromatic N) is 2. The average molecular weight is 283 g/mol. The molecule has 0 aliphatic carbocycles. The molecule has 21 heavy (non-hydrogen) atoms. The molecule has 2 aromatic heterocycles. The Balaban J connectivity index is 2.07. The van der Waals surface area contributed by atoms with Crippen LogP contribution in [0, 0.1) is 13.8 Å². The molecule has 7 nitrogen and oxygen atoms in total. The summed E-state index contributed by atoms with van der Waals surface area (Å²) in [6, 6.07) is 6.85. The van der Waals surface area contributed by atoms with Crippen LogP contribution >= 0.6 is 0 Å². The number of aromatic nitrogens is 4. The van der Waals surface area contributed by atoms with Crippen LogP contribution in [0.5, 0.6) is 0 Å². The van der Waals surface area contributed by atoms with Gasteiger partial charge in [0.1, 0.15) is 0 Å². The SMILES string of the molecule is Cc1n[nH]c(C)c1NC(=O)c1n[nH]c(=O)c2ccccc12. The van der Waals surface area contributed by atoms with E-state index >= 15 is 0 Å². The number of anilines is 1. The van der Waals surface area contributed by atoms with Gasteiger partial charge in [0.2, 0.25) is 0 Å². The standard InChI is InChI=1S/C14H13N5O2/c1-7-11(8(2)17-16-7)15-14(21)12-9-5-3-4-6-10(9)13(20)19-18-12/h3-6H,1-2H3,(H,15,21)(H,16,17)(H,19,20). The Morgan fingerprint density at radius 2 is 1.81 bits per heavy atom. The van der Waals surface area contributed by atoms with Crippen LogP contribution in [0.2, 0.25) is 0 Å². The van der Waals surface area contributed by atoms with Crippen molar-refractivity contribution >= 4 is 22.4 Å². The normalized spacial score (nSPS) is 10.8. The number of amides is 1. The molecule has 1 amide bonds. The zero-order chi connectivity index (χ0) is 15.0. The first-order valence-electron chi connectivity index (χ1n) is 6.38. The molecule has 0 fully saturated rings. The molecule has 0 aliphatic heterocycles. The Labute approximate surface area is 119 Å². The molecule has 3 aromatic rings. The highest BCUT2D eigenvalue weighted by molar-refractivity contribution is 6.11. The maximum Gasteiger partial charge on any atom is 0.276 e. The van der Waals surface area contributed by atoms with E-state index < -0.39 is 5.91 Å². The fraction of sp³-hybridized carbons (Fsp3) is 0.143. The summed E-state index contributed by atoms with van der Waals surface area (Å²) in [7, 11) is 0. The minimum atomic E-state index is -0.393. The summed E-state index contributed by atoms with van der Waals surface area (Å²) in [6.45, 7) is 3.60. The van der Waals surface area contributed by atoms with Gasteiger partial charge in [0.25, 0.3) is 11.5 Å². The number of H-pyrrole nitrogens is 2. The number of nitrogens with one attached hydrogen (secondary N) is 3. The lowest BCUT2D eigenvalue weighted by molar-refractivity contribution is 0.102. The van der Waals surface area contributed by atoms with Crippen LogP contribution in [-0.2, 0) is 0 Å². The van der Waals surface area contributed by atoms with Crippen LogP contribution in [0.15, 0.2) is 29.1 Å². The summed E-state index contributed by atoms with van der Waals surface area (Å²) in [5.74, 6) is -0.393. The van der Waals surface area contributed by atoms with Crippen molar-refractivity contribution in [3.63, 3.8) is 0 Å². The van der Waals surface area contributed by atoms with E-state index in [4.69, 9.17) is 0 Å². The average Bonchev–Trinajstić information content (AvgIpc) is 2.80. The molecule has 3 N–H and O–H groups in total. The summed E-state index contributed by atoms with van der Waals surface area (Å²) in [5.41, 5.74) is 1.92. The molecule has 0 unspecified atom stereocenters. The van der Waals surface area contributed by atoms with Crippen molar-refractivity contribution in [3.05, 3.63) is 51.7 Å². The van der Waals surface area contributed by atoms with Crippen LogP contribution < -0.4 is 10.9 Å². The van der Waals surface area contributed by atoms with E-state index in [1.54, 1.807) is 31.2 Å². The van der Waals surface area contributed by atoms with Crippen molar-refractivity contribution in [2.75, 3.05) is 5.32 Å². The lowest BCUT2D eigenvalue weighted by atomic mass is 10.1. The van der Waals surface area contributed by atoms with Crippen molar-refractivity contribution < 1.29 is 4.79 Å². The molecule has 0 bridgehead atoms. The second kappa shape index (κ2) is 4.86. The first kappa shape index (κ1) is 13.0. The molecular weight excluding hydrogens is 270 g/mol.